The molecule has 0 amide bonds. The monoisotopic (exact) mass is 211 g/mol. The largest absolute Gasteiger partial charge is 0.307 e. The van der Waals surface area contributed by atoms with E-state index in [1.165, 1.54) is 21.9 Å². The SMILES string of the molecule is CC1Cc2ccc3ccccc3c2C(C)N1. The van der Waals surface area contributed by atoms with E-state index in [4.69, 9.17) is 0 Å². The summed E-state index contributed by atoms with van der Waals surface area (Å²) < 4.78 is 0. The summed E-state index contributed by atoms with van der Waals surface area (Å²) in [5.41, 5.74) is 3.01. The van der Waals surface area contributed by atoms with Crippen LogP contribution in [0.5, 0.6) is 0 Å². The van der Waals surface area contributed by atoms with E-state index in [0.717, 1.165) is 6.42 Å². The molecular formula is C15H17N. The first-order chi connectivity index (χ1) is 7.75. The molecule has 1 heteroatoms. The maximum absolute atomic E-state index is 3.63. The Kier molecular flexibility index (Phi) is 2.22. The summed E-state index contributed by atoms with van der Waals surface area (Å²) in [5, 5.41) is 6.39. The molecule has 0 aromatic heterocycles. The Morgan fingerprint density at radius 3 is 2.75 bits per heavy atom. The van der Waals surface area contributed by atoms with Crippen LogP contribution < -0.4 is 5.32 Å². The van der Waals surface area contributed by atoms with E-state index in [2.05, 4.69) is 55.6 Å². The number of benzene rings is 2. The number of hydrogen-bond acceptors (Lipinski definition) is 1. The van der Waals surface area contributed by atoms with E-state index < -0.39 is 0 Å². The normalized spacial score (nSPS) is 24.4. The van der Waals surface area contributed by atoms with Gasteiger partial charge in [-0.05, 0) is 42.2 Å². The molecule has 0 fully saturated rings. The molecule has 2 unspecified atom stereocenters. The molecule has 0 bridgehead atoms. The van der Waals surface area contributed by atoms with E-state index in [0.29, 0.717) is 12.1 Å². The summed E-state index contributed by atoms with van der Waals surface area (Å²) in [6.45, 7) is 4.52. The van der Waals surface area contributed by atoms with Crippen molar-refractivity contribution in [1.29, 1.82) is 0 Å². The minimum atomic E-state index is 0.463. The van der Waals surface area contributed by atoms with Gasteiger partial charge in [0.25, 0.3) is 0 Å². The zero-order valence-electron chi connectivity index (χ0n) is 9.83. The lowest BCUT2D eigenvalue weighted by Crippen LogP contribution is -2.36. The molecule has 0 saturated carbocycles. The minimum absolute atomic E-state index is 0.463. The third-order valence-electron chi connectivity index (χ3n) is 3.55. The summed E-state index contributed by atoms with van der Waals surface area (Å²) in [7, 11) is 0. The molecule has 1 aliphatic heterocycles. The predicted octanol–water partition coefficient (Wildman–Crippen LogP) is 3.44. The Bertz CT molecular complexity index is 530. The van der Waals surface area contributed by atoms with E-state index in [9.17, 15) is 0 Å². The van der Waals surface area contributed by atoms with Crippen molar-refractivity contribution in [2.24, 2.45) is 0 Å². The molecule has 0 saturated heterocycles. The van der Waals surface area contributed by atoms with Gasteiger partial charge >= 0.3 is 0 Å². The van der Waals surface area contributed by atoms with Crippen LogP contribution in [0.3, 0.4) is 0 Å². The highest BCUT2D eigenvalue weighted by atomic mass is 14.9. The lowest BCUT2D eigenvalue weighted by Gasteiger charge is -2.30. The van der Waals surface area contributed by atoms with Crippen molar-refractivity contribution >= 4 is 10.8 Å². The summed E-state index contributed by atoms with van der Waals surface area (Å²) in [6.07, 6.45) is 1.14. The van der Waals surface area contributed by atoms with Gasteiger partial charge in [-0.1, -0.05) is 36.4 Å². The van der Waals surface area contributed by atoms with Crippen molar-refractivity contribution in [2.45, 2.75) is 32.4 Å². The Hall–Kier alpha value is -1.34. The van der Waals surface area contributed by atoms with Gasteiger partial charge in [-0.15, -0.1) is 0 Å². The molecule has 1 heterocycles. The summed E-state index contributed by atoms with van der Waals surface area (Å²) in [4.78, 5) is 0. The zero-order valence-corrected chi connectivity index (χ0v) is 9.83. The summed E-state index contributed by atoms with van der Waals surface area (Å²) >= 11 is 0. The topological polar surface area (TPSA) is 12.0 Å². The van der Waals surface area contributed by atoms with Crippen molar-refractivity contribution < 1.29 is 0 Å². The standard InChI is InChI=1S/C15H17N/c1-10-9-13-8-7-12-5-3-4-6-14(12)15(13)11(2)16-10/h3-8,10-11,16H,9H2,1-2H3. The summed E-state index contributed by atoms with van der Waals surface area (Å²) in [5.74, 6) is 0. The van der Waals surface area contributed by atoms with Crippen LogP contribution in [0.15, 0.2) is 36.4 Å². The van der Waals surface area contributed by atoms with Crippen LogP contribution in [-0.2, 0) is 6.42 Å². The molecule has 2 aromatic rings. The average molecular weight is 211 g/mol. The van der Waals surface area contributed by atoms with E-state index in [-0.39, 0.29) is 0 Å². The fourth-order valence-corrected chi connectivity index (χ4v) is 2.93. The van der Waals surface area contributed by atoms with Crippen molar-refractivity contribution in [1.82, 2.24) is 5.32 Å². The van der Waals surface area contributed by atoms with Crippen LogP contribution in [0.2, 0.25) is 0 Å². The Morgan fingerprint density at radius 2 is 1.88 bits per heavy atom. The molecule has 2 atom stereocenters. The van der Waals surface area contributed by atoms with Gasteiger partial charge in [-0.25, -0.2) is 0 Å². The van der Waals surface area contributed by atoms with Crippen LogP contribution >= 0.6 is 0 Å². The van der Waals surface area contributed by atoms with Gasteiger partial charge in [-0.2, -0.15) is 0 Å². The molecule has 0 aliphatic carbocycles. The predicted molar refractivity (Wildman–Crippen MR) is 68.7 cm³/mol. The van der Waals surface area contributed by atoms with Gasteiger partial charge in [0.05, 0.1) is 0 Å². The molecule has 0 radical (unpaired) electrons. The average Bonchev–Trinajstić information content (AvgIpc) is 2.28. The van der Waals surface area contributed by atoms with E-state index >= 15 is 0 Å². The van der Waals surface area contributed by atoms with E-state index in [1.54, 1.807) is 0 Å². The smallest absolute Gasteiger partial charge is 0.0303 e. The fourth-order valence-electron chi connectivity index (χ4n) is 2.93. The molecular weight excluding hydrogens is 194 g/mol. The molecule has 1 aliphatic rings. The quantitative estimate of drug-likeness (QED) is 0.704. The molecule has 0 spiro atoms. The third kappa shape index (κ3) is 1.43. The van der Waals surface area contributed by atoms with Crippen LogP contribution in [0.4, 0.5) is 0 Å². The highest BCUT2D eigenvalue weighted by Gasteiger charge is 2.21. The second-order valence-electron chi connectivity index (χ2n) is 4.85. The second kappa shape index (κ2) is 3.60. The molecule has 3 rings (SSSR count). The Balaban J connectivity index is 2.29. The zero-order chi connectivity index (χ0) is 11.1. The Labute approximate surface area is 96.5 Å². The maximum atomic E-state index is 3.63. The first-order valence-electron chi connectivity index (χ1n) is 6.02. The maximum Gasteiger partial charge on any atom is 0.0303 e. The van der Waals surface area contributed by atoms with Crippen molar-refractivity contribution in [2.75, 3.05) is 0 Å². The fraction of sp³-hybridized carbons (Fsp3) is 0.333. The van der Waals surface area contributed by atoms with Gasteiger partial charge in [0.2, 0.25) is 0 Å². The first-order valence-corrected chi connectivity index (χ1v) is 6.02. The van der Waals surface area contributed by atoms with E-state index in [1.807, 2.05) is 0 Å². The lowest BCUT2D eigenvalue weighted by atomic mass is 9.87. The second-order valence-corrected chi connectivity index (χ2v) is 4.85. The number of rotatable bonds is 0. The lowest BCUT2D eigenvalue weighted by molar-refractivity contribution is 0.448. The number of hydrogen-bond donors (Lipinski definition) is 1. The van der Waals surface area contributed by atoms with Gasteiger partial charge in [0.15, 0.2) is 0 Å². The van der Waals surface area contributed by atoms with Crippen LogP contribution in [-0.4, -0.2) is 6.04 Å². The molecule has 16 heavy (non-hydrogen) atoms. The van der Waals surface area contributed by atoms with Crippen molar-refractivity contribution in [3.63, 3.8) is 0 Å². The van der Waals surface area contributed by atoms with Gasteiger partial charge in [0.1, 0.15) is 0 Å². The Morgan fingerprint density at radius 1 is 1.06 bits per heavy atom. The number of nitrogens with one attached hydrogen (secondary N) is 1. The third-order valence-corrected chi connectivity index (χ3v) is 3.55. The van der Waals surface area contributed by atoms with Gasteiger partial charge < -0.3 is 5.32 Å². The van der Waals surface area contributed by atoms with Gasteiger partial charge in [0, 0.05) is 12.1 Å². The first kappa shape index (κ1) is 9.86. The van der Waals surface area contributed by atoms with Crippen LogP contribution in [0.1, 0.15) is 31.0 Å². The van der Waals surface area contributed by atoms with Gasteiger partial charge in [-0.3, -0.25) is 0 Å². The van der Waals surface area contributed by atoms with Crippen LogP contribution in [0.25, 0.3) is 10.8 Å². The van der Waals surface area contributed by atoms with Crippen molar-refractivity contribution in [3.8, 4) is 0 Å². The number of fused-ring (bicyclic) bond motifs is 3. The van der Waals surface area contributed by atoms with Crippen molar-refractivity contribution in [3.05, 3.63) is 47.5 Å². The minimum Gasteiger partial charge on any atom is -0.307 e. The highest BCUT2D eigenvalue weighted by molar-refractivity contribution is 5.87. The molecule has 1 N–H and O–H groups in total. The molecule has 1 nitrogen and oxygen atoms in total. The molecule has 82 valence electrons. The highest BCUT2D eigenvalue weighted by Crippen LogP contribution is 2.31. The van der Waals surface area contributed by atoms with Crippen LogP contribution in [0, 0.1) is 0 Å². The molecule has 2 aromatic carbocycles. The summed E-state index contributed by atoms with van der Waals surface area (Å²) in [6, 6.07) is 14.3.